The third-order valence-corrected chi connectivity index (χ3v) is 3.50. The maximum atomic E-state index is 11.9. The largest absolute Gasteiger partial charge is 0.306 e. The molecule has 2 aromatic rings. The minimum atomic E-state index is -3.26. The number of amides is 1. The van der Waals surface area contributed by atoms with Crippen LogP contribution in [0.5, 0.6) is 0 Å². The van der Waals surface area contributed by atoms with Crippen LogP contribution in [0, 0.1) is 0 Å². The van der Waals surface area contributed by atoms with Gasteiger partial charge in [0.05, 0.1) is 4.90 Å². The second-order valence-electron chi connectivity index (χ2n) is 3.85. The Hall–Kier alpha value is -2.28. The zero-order chi connectivity index (χ0) is 13.9. The quantitative estimate of drug-likeness (QED) is 0.908. The number of sulfone groups is 1. The third-order valence-electron chi connectivity index (χ3n) is 2.37. The molecular weight excluding hydrogens is 266 g/mol. The summed E-state index contributed by atoms with van der Waals surface area (Å²) in [5.74, 6) is 0.0194. The lowest BCUT2D eigenvalue weighted by Crippen LogP contribution is -2.13. The van der Waals surface area contributed by atoms with Crippen LogP contribution in [0.1, 0.15) is 10.4 Å². The van der Waals surface area contributed by atoms with Crippen LogP contribution in [0.25, 0.3) is 0 Å². The molecule has 0 radical (unpaired) electrons. The number of aromatic nitrogens is 2. The maximum Gasteiger partial charge on any atom is 0.256 e. The Kier molecular flexibility index (Phi) is 3.57. The van der Waals surface area contributed by atoms with E-state index in [1.165, 1.54) is 36.8 Å². The van der Waals surface area contributed by atoms with Gasteiger partial charge < -0.3 is 5.32 Å². The molecule has 1 amide bonds. The number of hydrogen-bond acceptors (Lipinski definition) is 5. The first-order chi connectivity index (χ1) is 8.97. The summed E-state index contributed by atoms with van der Waals surface area (Å²) in [5.41, 5.74) is 0.353. The van der Waals surface area contributed by atoms with Crippen LogP contribution in [0.4, 0.5) is 5.82 Å². The number of hydrogen-bond donors (Lipinski definition) is 1. The van der Waals surface area contributed by atoms with Gasteiger partial charge in [-0.3, -0.25) is 4.79 Å². The number of rotatable bonds is 3. The molecule has 0 spiro atoms. The van der Waals surface area contributed by atoms with Crippen molar-refractivity contribution in [1.82, 2.24) is 9.97 Å². The highest BCUT2D eigenvalue weighted by molar-refractivity contribution is 7.90. The van der Waals surface area contributed by atoms with Crippen molar-refractivity contribution in [3.05, 3.63) is 48.4 Å². The SMILES string of the molecule is CS(=O)(=O)c1ccc(C(=O)Nc2ccncn2)cc1. The van der Waals surface area contributed by atoms with Crippen LogP contribution < -0.4 is 5.32 Å². The fourth-order valence-electron chi connectivity index (χ4n) is 1.41. The molecule has 1 N–H and O–H groups in total. The predicted molar refractivity (Wildman–Crippen MR) is 69.5 cm³/mol. The molecule has 1 heterocycles. The Morgan fingerprint density at radius 1 is 1.16 bits per heavy atom. The summed E-state index contributed by atoms with van der Waals surface area (Å²) in [6.45, 7) is 0. The van der Waals surface area contributed by atoms with Crippen molar-refractivity contribution in [3.8, 4) is 0 Å². The van der Waals surface area contributed by atoms with Crippen LogP contribution in [0.3, 0.4) is 0 Å². The van der Waals surface area contributed by atoms with Gasteiger partial charge >= 0.3 is 0 Å². The van der Waals surface area contributed by atoms with Crippen LogP contribution in [0.2, 0.25) is 0 Å². The smallest absolute Gasteiger partial charge is 0.256 e. The second-order valence-corrected chi connectivity index (χ2v) is 5.86. The molecule has 1 aromatic carbocycles. The number of carbonyl (C=O) groups excluding carboxylic acids is 1. The first-order valence-electron chi connectivity index (χ1n) is 5.34. The molecular formula is C12H11N3O3S. The molecule has 0 bridgehead atoms. The van der Waals surface area contributed by atoms with Crippen molar-refractivity contribution in [2.24, 2.45) is 0 Å². The second kappa shape index (κ2) is 5.15. The zero-order valence-electron chi connectivity index (χ0n) is 10.1. The Bertz CT molecular complexity index is 682. The Morgan fingerprint density at radius 3 is 2.37 bits per heavy atom. The molecule has 1 aromatic heterocycles. The number of carbonyl (C=O) groups is 1. The summed E-state index contributed by atoms with van der Waals surface area (Å²) in [7, 11) is -3.26. The molecule has 2 rings (SSSR count). The molecule has 98 valence electrons. The lowest BCUT2D eigenvalue weighted by molar-refractivity contribution is 0.102. The standard InChI is InChI=1S/C12H11N3O3S/c1-19(17,18)10-4-2-9(3-5-10)12(16)15-11-6-7-13-8-14-11/h2-8H,1H3,(H,13,14,15,16). The molecule has 0 aliphatic heterocycles. The van der Waals surface area contributed by atoms with E-state index >= 15 is 0 Å². The number of benzene rings is 1. The van der Waals surface area contributed by atoms with Gasteiger partial charge in [0.15, 0.2) is 9.84 Å². The number of anilines is 1. The van der Waals surface area contributed by atoms with Gasteiger partial charge in [0.25, 0.3) is 5.91 Å². The molecule has 0 fully saturated rings. The lowest BCUT2D eigenvalue weighted by atomic mass is 10.2. The highest BCUT2D eigenvalue weighted by Crippen LogP contribution is 2.11. The van der Waals surface area contributed by atoms with E-state index in [0.29, 0.717) is 11.4 Å². The van der Waals surface area contributed by atoms with Crippen molar-refractivity contribution in [1.29, 1.82) is 0 Å². The number of nitrogens with one attached hydrogen (secondary N) is 1. The van der Waals surface area contributed by atoms with Crippen molar-refractivity contribution < 1.29 is 13.2 Å². The lowest BCUT2D eigenvalue weighted by Gasteiger charge is -2.04. The van der Waals surface area contributed by atoms with Crippen molar-refractivity contribution >= 4 is 21.6 Å². The van der Waals surface area contributed by atoms with E-state index in [4.69, 9.17) is 0 Å². The minimum Gasteiger partial charge on any atom is -0.306 e. The average Bonchev–Trinajstić information content (AvgIpc) is 2.39. The van der Waals surface area contributed by atoms with Gasteiger partial charge in [-0.25, -0.2) is 18.4 Å². The average molecular weight is 277 g/mol. The van der Waals surface area contributed by atoms with E-state index in [1.54, 1.807) is 6.07 Å². The molecule has 0 unspecified atom stereocenters. The maximum absolute atomic E-state index is 11.9. The van der Waals surface area contributed by atoms with Crippen LogP contribution in [-0.4, -0.2) is 30.5 Å². The Morgan fingerprint density at radius 2 is 1.84 bits per heavy atom. The van der Waals surface area contributed by atoms with Gasteiger partial charge in [-0.1, -0.05) is 0 Å². The summed E-state index contributed by atoms with van der Waals surface area (Å²) in [6, 6.07) is 7.25. The van der Waals surface area contributed by atoms with Crippen LogP contribution in [-0.2, 0) is 9.84 Å². The van der Waals surface area contributed by atoms with Gasteiger partial charge in [-0.2, -0.15) is 0 Å². The normalized spacial score (nSPS) is 11.0. The Balaban J connectivity index is 2.17. The van der Waals surface area contributed by atoms with E-state index in [1.807, 2.05) is 0 Å². The summed E-state index contributed by atoms with van der Waals surface area (Å²) < 4.78 is 22.6. The minimum absolute atomic E-state index is 0.172. The fraction of sp³-hybridized carbons (Fsp3) is 0.0833. The summed E-state index contributed by atoms with van der Waals surface area (Å²) in [4.78, 5) is 19.6. The summed E-state index contributed by atoms with van der Waals surface area (Å²) in [5, 5.41) is 2.58. The number of nitrogens with zero attached hydrogens (tertiary/aromatic N) is 2. The van der Waals surface area contributed by atoms with Crippen molar-refractivity contribution in [3.63, 3.8) is 0 Å². The van der Waals surface area contributed by atoms with Gasteiger partial charge in [0.2, 0.25) is 0 Å². The zero-order valence-corrected chi connectivity index (χ0v) is 10.9. The van der Waals surface area contributed by atoms with Gasteiger partial charge in [0.1, 0.15) is 12.1 Å². The monoisotopic (exact) mass is 277 g/mol. The molecule has 0 saturated carbocycles. The molecule has 0 aliphatic rings. The molecule has 0 atom stereocenters. The predicted octanol–water partition coefficient (Wildman–Crippen LogP) is 1.13. The third kappa shape index (κ3) is 3.35. The molecule has 6 nitrogen and oxygen atoms in total. The fourth-order valence-corrected chi connectivity index (χ4v) is 2.04. The van der Waals surface area contributed by atoms with E-state index in [-0.39, 0.29) is 10.8 Å². The van der Waals surface area contributed by atoms with Crippen LogP contribution >= 0.6 is 0 Å². The summed E-state index contributed by atoms with van der Waals surface area (Å²) >= 11 is 0. The highest BCUT2D eigenvalue weighted by atomic mass is 32.2. The van der Waals surface area contributed by atoms with E-state index < -0.39 is 9.84 Å². The van der Waals surface area contributed by atoms with E-state index in [0.717, 1.165) is 6.26 Å². The van der Waals surface area contributed by atoms with E-state index in [9.17, 15) is 13.2 Å². The molecule has 0 aliphatic carbocycles. The topological polar surface area (TPSA) is 89.0 Å². The van der Waals surface area contributed by atoms with E-state index in [2.05, 4.69) is 15.3 Å². The first kappa shape index (κ1) is 13.2. The first-order valence-corrected chi connectivity index (χ1v) is 7.23. The molecule has 0 saturated heterocycles. The van der Waals surface area contributed by atoms with Gasteiger partial charge in [-0.15, -0.1) is 0 Å². The molecule has 19 heavy (non-hydrogen) atoms. The Labute approximate surface area is 110 Å². The van der Waals surface area contributed by atoms with Gasteiger partial charge in [-0.05, 0) is 30.3 Å². The van der Waals surface area contributed by atoms with Crippen molar-refractivity contribution in [2.75, 3.05) is 11.6 Å². The summed E-state index contributed by atoms with van der Waals surface area (Å²) in [6.07, 6.45) is 3.95. The van der Waals surface area contributed by atoms with Crippen LogP contribution in [0.15, 0.2) is 47.8 Å². The highest BCUT2D eigenvalue weighted by Gasteiger charge is 2.10. The van der Waals surface area contributed by atoms with Gasteiger partial charge in [0, 0.05) is 18.0 Å². The molecule has 7 heteroatoms. The van der Waals surface area contributed by atoms with Crippen molar-refractivity contribution in [2.45, 2.75) is 4.90 Å².